The minimum absolute atomic E-state index is 0.248. The largest absolute Gasteiger partial charge is 0.496 e. The van der Waals surface area contributed by atoms with Gasteiger partial charge in [0.2, 0.25) is 0 Å². The maximum absolute atomic E-state index is 12.0. The fourth-order valence-corrected chi connectivity index (χ4v) is 2.32. The quantitative estimate of drug-likeness (QED) is 0.665. The van der Waals surface area contributed by atoms with Crippen LogP contribution in [0.1, 0.15) is 27.0 Å². The molecule has 5 heteroatoms. The Kier molecular flexibility index (Phi) is 5.33. The van der Waals surface area contributed by atoms with Crippen molar-refractivity contribution in [2.45, 2.75) is 13.8 Å². The molecule has 0 atom stereocenters. The van der Waals surface area contributed by atoms with Gasteiger partial charge in [-0.1, -0.05) is 22.0 Å². The summed E-state index contributed by atoms with van der Waals surface area (Å²) < 4.78 is 6.10. The van der Waals surface area contributed by atoms with E-state index >= 15 is 0 Å². The lowest BCUT2D eigenvalue weighted by Gasteiger charge is -2.05. The maximum Gasteiger partial charge on any atom is 0.271 e. The molecular formula is C17H17BrN2O2. The summed E-state index contributed by atoms with van der Waals surface area (Å²) in [6.07, 6.45) is 1.60. The van der Waals surface area contributed by atoms with Crippen LogP contribution >= 0.6 is 15.9 Å². The van der Waals surface area contributed by atoms with Crippen molar-refractivity contribution in [2.24, 2.45) is 5.10 Å². The summed E-state index contributed by atoms with van der Waals surface area (Å²) in [5.74, 6) is 0.577. The van der Waals surface area contributed by atoms with Crippen LogP contribution in [-0.4, -0.2) is 19.2 Å². The first-order valence-electron chi connectivity index (χ1n) is 6.75. The lowest BCUT2D eigenvalue weighted by Crippen LogP contribution is -2.17. The summed E-state index contributed by atoms with van der Waals surface area (Å²) in [6, 6.07) is 11.1. The number of nitrogens with zero attached hydrogens (tertiary/aromatic N) is 1. The first kappa shape index (κ1) is 16.2. The third-order valence-corrected chi connectivity index (χ3v) is 4.09. The smallest absolute Gasteiger partial charge is 0.271 e. The molecule has 22 heavy (non-hydrogen) atoms. The van der Waals surface area contributed by atoms with Crippen LogP contribution in [0.5, 0.6) is 5.75 Å². The monoisotopic (exact) mass is 360 g/mol. The molecule has 0 aliphatic carbocycles. The highest BCUT2D eigenvalue weighted by molar-refractivity contribution is 9.10. The number of aryl methyl sites for hydroxylation is 2. The topological polar surface area (TPSA) is 50.7 Å². The van der Waals surface area contributed by atoms with Crippen molar-refractivity contribution in [3.63, 3.8) is 0 Å². The standard InChI is InChI=1S/C17H17BrN2O2/c1-11-4-6-14(9-15(11)18)17(21)20-19-10-13-5-7-16(22-3)12(2)8-13/h4-10H,1-3H3,(H,20,21)/b19-10+. The van der Waals surface area contributed by atoms with Crippen molar-refractivity contribution in [1.82, 2.24) is 5.43 Å². The third-order valence-electron chi connectivity index (χ3n) is 3.23. The van der Waals surface area contributed by atoms with Crippen molar-refractivity contribution in [3.05, 3.63) is 63.1 Å². The summed E-state index contributed by atoms with van der Waals surface area (Å²) >= 11 is 3.41. The van der Waals surface area contributed by atoms with E-state index in [2.05, 4.69) is 26.5 Å². The number of ether oxygens (including phenoxy) is 1. The Labute approximate surface area is 138 Å². The molecule has 1 N–H and O–H groups in total. The van der Waals surface area contributed by atoms with E-state index in [-0.39, 0.29) is 5.91 Å². The zero-order valence-corrected chi connectivity index (χ0v) is 14.3. The highest BCUT2D eigenvalue weighted by Crippen LogP contribution is 2.18. The van der Waals surface area contributed by atoms with Gasteiger partial charge in [0.25, 0.3) is 5.91 Å². The van der Waals surface area contributed by atoms with Crippen LogP contribution in [0.4, 0.5) is 0 Å². The van der Waals surface area contributed by atoms with Gasteiger partial charge < -0.3 is 4.74 Å². The molecule has 0 saturated carbocycles. The molecule has 0 unspecified atom stereocenters. The number of methoxy groups -OCH3 is 1. The summed E-state index contributed by atoms with van der Waals surface area (Å²) in [5, 5.41) is 3.99. The predicted octanol–water partition coefficient (Wildman–Crippen LogP) is 3.84. The Morgan fingerprint density at radius 2 is 1.95 bits per heavy atom. The second kappa shape index (κ2) is 7.22. The highest BCUT2D eigenvalue weighted by atomic mass is 79.9. The van der Waals surface area contributed by atoms with E-state index in [9.17, 15) is 4.79 Å². The van der Waals surface area contributed by atoms with Gasteiger partial charge in [-0.05, 0) is 60.9 Å². The number of hydrogen-bond acceptors (Lipinski definition) is 3. The summed E-state index contributed by atoms with van der Waals surface area (Å²) in [5.41, 5.74) is 6.06. The molecule has 0 radical (unpaired) electrons. The summed E-state index contributed by atoms with van der Waals surface area (Å²) in [4.78, 5) is 12.0. The van der Waals surface area contributed by atoms with Crippen molar-refractivity contribution >= 4 is 28.1 Å². The van der Waals surface area contributed by atoms with Crippen LogP contribution in [-0.2, 0) is 0 Å². The van der Waals surface area contributed by atoms with Gasteiger partial charge in [0.15, 0.2) is 0 Å². The lowest BCUT2D eigenvalue weighted by molar-refractivity contribution is 0.0955. The highest BCUT2D eigenvalue weighted by Gasteiger charge is 2.05. The van der Waals surface area contributed by atoms with Crippen molar-refractivity contribution in [1.29, 1.82) is 0 Å². The van der Waals surface area contributed by atoms with E-state index in [1.54, 1.807) is 25.5 Å². The second-order valence-corrected chi connectivity index (χ2v) is 5.75. The van der Waals surface area contributed by atoms with Crippen LogP contribution in [0.15, 0.2) is 46.0 Å². The molecule has 0 saturated heterocycles. The molecule has 2 aromatic rings. The van der Waals surface area contributed by atoms with E-state index in [1.165, 1.54) is 0 Å². The van der Waals surface area contributed by atoms with Crippen molar-refractivity contribution < 1.29 is 9.53 Å². The normalized spacial score (nSPS) is 10.7. The number of carbonyl (C=O) groups is 1. The molecule has 0 aromatic heterocycles. The molecule has 0 spiro atoms. The molecule has 0 aliphatic rings. The summed E-state index contributed by atoms with van der Waals surface area (Å²) in [6.45, 7) is 3.93. The number of halogens is 1. The first-order chi connectivity index (χ1) is 10.5. The zero-order valence-electron chi connectivity index (χ0n) is 12.7. The fourth-order valence-electron chi connectivity index (χ4n) is 1.95. The van der Waals surface area contributed by atoms with E-state index in [4.69, 9.17) is 4.74 Å². The van der Waals surface area contributed by atoms with Crippen LogP contribution in [0.25, 0.3) is 0 Å². The fraction of sp³-hybridized carbons (Fsp3) is 0.176. The summed E-state index contributed by atoms with van der Waals surface area (Å²) in [7, 11) is 1.63. The van der Waals surface area contributed by atoms with Crippen LogP contribution in [0.3, 0.4) is 0 Å². The molecule has 2 rings (SSSR count). The molecule has 114 valence electrons. The van der Waals surface area contributed by atoms with Gasteiger partial charge in [-0.15, -0.1) is 0 Å². The van der Waals surface area contributed by atoms with Gasteiger partial charge in [-0.25, -0.2) is 5.43 Å². The second-order valence-electron chi connectivity index (χ2n) is 4.89. The lowest BCUT2D eigenvalue weighted by atomic mass is 10.1. The van der Waals surface area contributed by atoms with E-state index in [0.717, 1.165) is 26.9 Å². The van der Waals surface area contributed by atoms with E-state index in [0.29, 0.717) is 5.56 Å². The zero-order chi connectivity index (χ0) is 16.1. The van der Waals surface area contributed by atoms with Crippen LogP contribution in [0.2, 0.25) is 0 Å². The predicted molar refractivity (Wildman–Crippen MR) is 91.7 cm³/mol. The number of amides is 1. The molecule has 0 bridgehead atoms. The minimum Gasteiger partial charge on any atom is -0.496 e. The van der Waals surface area contributed by atoms with Crippen molar-refractivity contribution in [3.8, 4) is 5.75 Å². The molecule has 0 fully saturated rings. The number of hydrogen-bond donors (Lipinski definition) is 1. The van der Waals surface area contributed by atoms with Gasteiger partial charge in [-0.3, -0.25) is 4.79 Å². The molecule has 1 amide bonds. The number of benzene rings is 2. The van der Waals surface area contributed by atoms with E-state index in [1.807, 2.05) is 38.1 Å². The van der Waals surface area contributed by atoms with Gasteiger partial charge in [0, 0.05) is 10.0 Å². The SMILES string of the molecule is COc1ccc(/C=N/NC(=O)c2ccc(C)c(Br)c2)cc1C. The molecular weight excluding hydrogens is 344 g/mol. The Bertz CT molecular complexity index is 727. The number of rotatable bonds is 4. The Hall–Kier alpha value is -2.14. The first-order valence-corrected chi connectivity index (χ1v) is 7.55. The Morgan fingerprint density at radius 3 is 2.59 bits per heavy atom. The van der Waals surface area contributed by atoms with Gasteiger partial charge >= 0.3 is 0 Å². The molecule has 4 nitrogen and oxygen atoms in total. The minimum atomic E-state index is -0.248. The number of hydrazone groups is 1. The number of carbonyl (C=O) groups excluding carboxylic acids is 1. The van der Waals surface area contributed by atoms with Crippen LogP contribution in [0, 0.1) is 13.8 Å². The Morgan fingerprint density at radius 1 is 1.18 bits per heavy atom. The van der Waals surface area contributed by atoms with Gasteiger partial charge in [0.1, 0.15) is 5.75 Å². The average molecular weight is 361 g/mol. The molecule has 2 aromatic carbocycles. The molecule has 0 aliphatic heterocycles. The number of nitrogens with one attached hydrogen (secondary N) is 1. The third kappa shape index (κ3) is 3.95. The van der Waals surface area contributed by atoms with Gasteiger partial charge in [0.05, 0.1) is 13.3 Å². The van der Waals surface area contributed by atoms with Gasteiger partial charge in [-0.2, -0.15) is 5.10 Å². The maximum atomic E-state index is 12.0. The van der Waals surface area contributed by atoms with Crippen LogP contribution < -0.4 is 10.2 Å². The Balaban J connectivity index is 2.04. The van der Waals surface area contributed by atoms with E-state index < -0.39 is 0 Å². The average Bonchev–Trinajstić information content (AvgIpc) is 2.50. The van der Waals surface area contributed by atoms with Crippen molar-refractivity contribution in [2.75, 3.05) is 7.11 Å². The molecule has 0 heterocycles.